The van der Waals surface area contributed by atoms with Gasteiger partial charge in [0.1, 0.15) is 0 Å². The Morgan fingerprint density at radius 2 is 1.93 bits per heavy atom. The van der Waals surface area contributed by atoms with E-state index in [4.69, 9.17) is 9.72 Å². The number of aliphatic imine (C=N–C) groups is 1. The van der Waals surface area contributed by atoms with Gasteiger partial charge < -0.3 is 15.4 Å². The standard InChI is InChI=1S/C22H33N5OS.HI/c1-17(2)21-26-20(16-29-21)8-9-24-22(23-3)25-14-18-6-4-5-7-19(18)15-27-10-12-28-13-11-27;/h4-7,16-17H,8-15H2,1-3H3,(H2,23,24,25);1H. The van der Waals surface area contributed by atoms with E-state index in [1.54, 1.807) is 11.3 Å². The van der Waals surface area contributed by atoms with E-state index >= 15 is 0 Å². The molecule has 0 aliphatic carbocycles. The van der Waals surface area contributed by atoms with Gasteiger partial charge in [0.05, 0.1) is 23.9 Å². The number of ether oxygens (including phenoxy) is 1. The number of nitrogens with one attached hydrogen (secondary N) is 2. The molecule has 0 unspecified atom stereocenters. The lowest BCUT2D eigenvalue weighted by Crippen LogP contribution is -2.38. The molecule has 2 heterocycles. The van der Waals surface area contributed by atoms with Crippen LogP contribution in [0.1, 0.15) is 41.6 Å². The SMILES string of the molecule is CN=C(NCCc1csc(C(C)C)n1)NCc1ccccc1CN1CCOCC1.I. The number of aromatic nitrogens is 1. The van der Waals surface area contributed by atoms with Gasteiger partial charge in [0, 0.05) is 57.5 Å². The van der Waals surface area contributed by atoms with Gasteiger partial charge in [0.2, 0.25) is 0 Å². The van der Waals surface area contributed by atoms with Crippen molar-refractivity contribution in [2.24, 2.45) is 4.99 Å². The van der Waals surface area contributed by atoms with Gasteiger partial charge in [-0.1, -0.05) is 38.1 Å². The summed E-state index contributed by atoms with van der Waals surface area (Å²) < 4.78 is 5.46. The van der Waals surface area contributed by atoms with Crippen LogP contribution in [0.15, 0.2) is 34.6 Å². The third-order valence-corrected chi connectivity index (χ3v) is 6.22. The summed E-state index contributed by atoms with van der Waals surface area (Å²) in [6, 6.07) is 8.63. The third kappa shape index (κ3) is 7.79. The first-order valence-corrected chi connectivity index (χ1v) is 11.3. The predicted octanol–water partition coefficient (Wildman–Crippen LogP) is 3.62. The molecule has 30 heavy (non-hydrogen) atoms. The Kier molecular flexibility index (Phi) is 11.0. The number of guanidine groups is 1. The third-order valence-electron chi connectivity index (χ3n) is 5.02. The Morgan fingerprint density at radius 1 is 1.20 bits per heavy atom. The Balaban J connectivity index is 0.00000320. The monoisotopic (exact) mass is 543 g/mol. The van der Waals surface area contributed by atoms with Crippen LogP contribution in [-0.4, -0.2) is 55.7 Å². The van der Waals surface area contributed by atoms with Crippen LogP contribution in [0.2, 0.25) is 0 Å². The van der Waals surface area contributed by atoms with E-state index < -0.39 is 0 Å². The number of nitrogens with zero attached hydrogens (tertiary/aromatic N) is 3. The number of benzene rings is 1. The van der Waals surface area contributed by atoms with Gasteiger partial charge >= 0.3 is 0 Å². The van der Waals surface area contributed by atoms with Crippen molar-refractivity contribution in [3.8, 4) is 0 Å². The number of halogens is 1. The predicted molar refractivity (Wildman–Crippen MR) is 136 cm³/mol. The molecule has 3 rings (SSSR count). The maximum atomic E-state index is 5.46. The van der Waals surface area contributed by atoms with E-state index in [1.165, 1.54) is 16.1 Å². The molecule has 2 aromatic rings. The van der Waals surface area contributed by atoms with Crippen molar-refractivity contribution in [1.29, 1.82) is 0 Å². The average molecular weight is 544 g/mol. The summed E-state index contributed by atoms with van der Waals surface area (Å²) in [6.07, 6.45) is 0.900. The van der Waals surface area contributed by atoms with Crippen molar-refractivity contribution in [1.82, 2.24) is 20.5 Å². The number of hydrogen-bond donors (Lipinski definition) is 2. The minimum Gasteiger partial charge on any atom is -0.379 e. The first-order valence-electron chi connectivity index (χ1n) is 10.4. The zero-order valence-electron chi connectivity index (χ0n) is 18.2. The van der Waals surface area contributed by atoms with Gasteiger partial charge in [-0.15, -0.1) is 35.3 Å². The van der Waals surface area contributed by atoms with E-state index in [0.29, 0.717) is 5.92 Å². The van der Waals surface area contributed by atoms with Crippen LogP contribution in [0, 0.1) is 0 Å². The van der Waals surface area contributed by atoms with Crippen LogP contribution in [0.25, 0.3) is 0 Å². The molecule has 1 aliphatic rings. The molecule has 0 bridgehead atoms. The zero-order valence-corrected chi connectivity index (χ0v) is 21.3. The highest BCUT2D eigenvalue weighted by Gasteiger charge is 2.13. The Morgan fingerprint density at radius 3 is 2.60 bits per heavy atom. The van der Waals surface area contributed by atoms with Crippen LogP contribution in [-0.2, 0) is 24.2 Å². The van der Waals surface area contributed by atoms with Crippen molar-refractivity contribution in [2.45, 2.75) is 39.3 Å². The van der Waals surface area contributed by atoms with E-state index in [0.717, 1.165) is 64.0 Å². The van der Waals surface area contributed by atoms with Crippen LogP contribution in [0.4, 0.5) is 0 Å². The smallest absolute Gasteiger partial charge is 0.191 e. The Bertz CT molecular complexity index is 789. The molecular formula is C22H34IN5OS. The summed E-state index contributed by atoms with van der Waals surface area (Å²) in [6.45, 7) is 10.6. The molecule has 0 spiro atoms. The summed E-state index contributed by atoms with van der Waals surface area (Å²) in [5, 5.41) is 10.2. The fourth-order valence-electron chi connectivity index (χ4n) is 3.30. The highest BCUT2D eigenvalue weighted by molar-refractivity contribution is 14.0. The number of rotatable bonds is 8. The van der Waals surface area contributed by atoms with E-state index in [2.05, 4.69) is 64.0 Å². The van der Waals surface area contributed by atoms with Crippen molar-refractivity contribution < 1.29 is 4.74 Å². The summed E-state index contributed by atoms with van der Waals surface area (Å²) in [5.41, 5.74) is 3.82. The van der Waals surface area contributed by atoms with Crippen LogP contribution >= 0.6 is 35.3 Å². The molecule has 8 heteroatoms. The van der Waals surface area contributed by atoms with Crippen LogP contribution in [0.5, 0.6) is 0 Å². The first-order chi connectivity index (χ1) is 14.2. The normalized spacial score (nSPS) is 15.1. The molecule has 0 amide bonds. The highest BCUT2D eigenvalue weighted by Crippen LogP contribution is 2.19. The van der Waals surface area contributed by atoms with Crippen molar-refractivity contribution >= 4 is 41.3 Å². The molecular weight excluding hydrogens is 509 g/mol. The van der Waals surface area contributed by atoms with E-state index in [1.807, 2.05) is 7.05 Å². The molecule has 0 radical (unpaired) electrons. The molecule has 1 saturated heterocycles. The summed E-state index contributed by atoms with van der Waals surface area (Å²) >= 11 is 1.75. The largest absolute Gasteiger partial charge is 0.379 e. The maximum Gasteiger partial charge on any atom is 0.191 e. The summed E-state index contributed by atoms with van der Waals surface area (Å²) in [7, 11) is 1.81. The molecule has 6 nitrogen and oxygen atoms in total. The minimum absolute atomic E-state index is 0. The van der Waals surface area contributed by atoms with Gasteiger partial charge in [-0.25, -0.2) is 4.98 Å². The second kappa shape index (κ2) is 13.2. The second-order valence-electron chi connectivity index (χ2n) is 7.59. The number of thiazole rings is 1. The zero-order chi connectivity index (χ0) is 20.5. The Hall–Kier alpha value is -1.23. The van der Waals surface area contributed by atoms with Gasteiger partial charge in [-0.2, -0.15) is 0 Å². The molecule has 0 saturated carbocycles. The average Bonchev–Trinajstić information content (AvgIpc) is 3.21. The summed E-state index contributed by atoms with van der Waals surface area (Å²) in [4.78, 5) is 11.5. The molecule has 1 aromatic carbocycles. The fraction of sp³-hybridized carbons (Fsp3) is 0.545. The minimum atomic E-state index is 0. The number of hydrogen-bond acceptors (Lipinski definition) is 5. The second-order valence-corrected chi connectivity index (χ2v) is 8.48. The molecule has 166 valence electrons. The lowest BCUT2D eigenvalue weighted by Gasteiger charge is -2.27. The molecule has 2 N–H and O–H groups in total. The molecule has 1 fully saturated rings. The molecule has 0 atom stereocenters. The number of morpholine rings is 1. The molecule has 1 aliphatic heterocycles. The van der Waals surface area contributed by atoms with Crippen LogP contribution in [0.3, 0.4) is 0 Å². The lowest BCUT2D eigenvalue weighted by atomic mass is 10.1. The van der Waals surface area contributed by atoms with Crippen molar-refractivity contribution in [3.63, 3.8) is 0 Å². The van der Waals surface area contributed by atoms with Gasteiger partial charge in [-0.3, -0.25) is 9.89 Å². The lowest BCUT2D eigenvalue weighted by molar-refractivity contribution is 0.0341. The molecule has 1 aromatic heterocycles. The Labute approximate surface area is 201 Å². The van der Waals surface area contributed by atoms with Crippen molar-refractivity contribution in [3.05, 3.63) is 51.5 Å². The van der Waals surface area contributed by atoms with Crippen molar-refractivity contribution in [2.75, 3.05) is 39.9 Å². The van der Waals surface area contributed by atoms with E-state index in [-0.39, 0.29) is 24.0 Å². The maximum absolute atomic E-state index is 5.46. The van der Waals surface area contributed by atoms with Gasteiger partial charge in [0.25, 0.3) is 0 Å². The first kappa shape index (κ1) is 25.0. The van der Waals surface area contributed by atoms with Gasteiger partial charge in [0.15, 0.2) is 5.96 Å². The topological polar surface area (TPSA) is 61.8 Å². The van der Waals surface area contributed by atoms with Crippen LogP contribution < -0.4 is 10.6 Å². The fourth-order valence-corrected chi connectivity index (χ4v) is 4.17. The highest BCUT2D eigenvalue weighted by atomic mass is 127. The quantitative estimate of drug-likeness (QED) is 0.303. The van der Waals surface area contributed by atoms with E-state index in [9.17, 15) is 0 Å². The van der Waals surface area contributed by atoms with Gasteiger partial charge in [-0.05, 0) is 11.1 Å². The summed E-state index contributed by atoms with van der Waals surface area (Å²) in [5.74, 6) is 1.32.